The quantitative estimate of drug-likeness (QED) is 0.510. The van der Waals surface area contributed by atoms with Crippen molar-refractivity contribution in [1.29, 1.82) is 0 Å². The number of benzene rings is 1. The summed E-state index contributed by atoms with van der Waals surface area (Å²) in [6, 6.07) is 4.00. The van der Waals surface area contributed by atoms with E-state index in [1.807, 2.05) is 0 Å². The van der Waals surface area contributed by atoms with E-state index in [1.165, 1.54) is 29.1 Å². The molecule has 2 aromatic rings. The maximum atomic E-state index is 11.6. The van der Waals surface area contributed by atoms with Gasteiger partial charge in [0, 0.05) is 19.2 Å². The van der Waals surface area contributed by atoms with E-state index in [2.05, 4.69) is 4.98 Å². The highest BCUT2D eigenvalue weighted by molar-refractivity contribution is 5.79. The molecule has 2 rings (SSSR count). The molecular formula is C9H7N3O3. The summed E-state index contributed by atoms with van der Waals surface area (Å²) in [7, 11) is 1.58. The third kappa shape index (κ3) is 1.45. The average molecular weight is 205 g/mol. The second-order valence-electron chi connectivity index (χ2n) is 3.12. The zero-order valence-electron chi connectivity index (χ0n) is 7.88. The summed E-state index contributed by atoms with van der Waals surface area (Å²) >= 11 is 0. The van der Waals surface area contributed by atoms with Crippen LogP contribution in [0.4, 0.5) is 5.69 Å². The monoisotopic (exact) mass is 205 g/mol. The maximum absolute atomic E-state index is 11.6. The molecule has 6 heteroatoms. The van der Waals surface area contributed by atoms with Gasteiger partial charge in [-0.05, 0) is 6.07 Å². The van der Waals surface area contributed by atoms with Crippen molar-refractivity contribution in [3.63, 3.8) is 0 Å². The van der Waals surface area contributed by atoms with Crippen LogP contribution in [0.2, 0.25) is 0 Å². The molecule has 0 spiro atoms. The Bertz CT molecular complexity index is 603. The number of rotatable bonds is 1. The van der Waals surface area contributed by atoms with Gasteiger partial charge < -0.3 is 4.57 Å². The predicted octanol–water partition coefficient (Wildman–Crippen LogP) is 0.842. The number of aryl methyl sites for hydroxylation is 1. The standard InChI is InChI=1S/C9H7N3O3/c1-11-5-10-8-4-6(12(14)15)2-3-7(8)9(11)13/h2-5H,1H3. The third-order valence-electron chi connectivity index (χ3n) is 2.11. The summed E-state index contributed by atoms with van der Waals surface area (Å²) in [6.07, 6.45) is 1.34. The van der Waals surface area contributed by atoms with Gasteiger partial charge in [-0.15, -0.1) is 0 Å². The van der Waals surface area contributed by atoms with E-state index >= 15 is 0 Å². The van der Waals surface area contributed by atoms with Crippen molar-refractivity contribution in [2.24, 2.45) is 7.05 Å². The first-order valence-corrected chi connectivity index (χ1v) is 4.19. The number of nitrogens with zero attached hydrogens (tertiary/aromatic N) is 3. The first kappa shape index (κ1) is 9.32. The van der Waals surface area contributed by atoms with Gasteiger partial charge in [-0.25, -0.2) is 4.98 Å². The number of nitro groups is 1. The lowest BCUT2D eigenvalue weighted by Crippen LogP contribution is -2.16. The summed E-state index contributed by atoms with van der Waals surface area (Å²) in [4.78, 5) is 25.5. The highest BCUT2D eigenvalue weighted by Gasteiger charge is 2.08. The van der Waals surface area contributed by atoms with Crippen LogP contribution >= 0.6 is 0 Å². The van der Waals surface area contributed by atoms with Crippen LogP contribution < -0.4 is 5.56 Å². The van der Waals surface area contributed by atoms with Gasteiger partial charge in [-0.1, -0.05) is 0 Å². The molecule has 0 N–H and O–H groups in total. The summed E-state index contributed by atoms with van der Waals surface area (Å²) in [5.74, 6) is 0. The molecule has 15 heavy (non-hydrogen) atoms. The van der Waals surface area contributed by atoms with Gasteiger partial charge in [0.15, 0.2) is 0 Å². The molecule has 0 atom stereocenters. The molecule has 0 unspecified atom stereocenters. The number of non-ortho nitro benzene ring substituents is 1. The molecular weight excluding hydrogens is 198 g/mol. The summed E-state index contributed by atoms with van der Waals surface area (Å²) in [5.41, 5.74) is 0.0606. The predicted molar refractivity (Wildman–Crippen MR) is 53.6 cm³/mol. The molecule has 1 heterocycles. The minimum Gasteiger partial charge on any atom is -0.302 e. The minimum absolute atomic E-state index is 0.0664. The van der Waals surface area contributed by atoms with Crippen LogP contribution in [0.1, 0.15) is 0 Å². The second kappa shape index (κ2) is 3.16. The van der Waals surface area contributed by atoms with Gasteiger partial charge in [0.05, 0.1) is 22.2 Å². The Balaban J connectivity index is 2.81. The van der Waals surface area contributed by atoms with Crippen LogP contribution in [0.3, 0.4) is 0 Å². The van der Waals surface area contributed by atoms with E-state index in [1.54, 1.807) is 7.05 Å². The Morgan fingerprint density at radius 3 is 2.87 bits per heavy atom. The van der Waals surface area contributed by atoms with Gasteiger partial charge in [-0.2, -0.15) is 0 Å². The molecule has 0 aliphatic heterocycles. The molecule has 0 aliphatic rings. The van der Waals surface area contributed by atoms with Gasteiger partial charge in [0.2, 0.25) is 0 Å². The van der Waals surface area contributed by atoms with Crippen LogP contribution in [0, 0.1) is 10.1 Å². The molecule has 0 saturated carbocycles. The number of hydrogen-bond donors (Lipinski definition) is 0. The zero-order valence-corrected chi connectivity index (χ0v) is 7.88. The van der Waals surface area contributed by atoms with Gasteiger partial charge in [0.1, 0.15) is 0 Å². The van der Waals surface area contributed by atoms with Crippen molar-refractivity contribution in [1.82, 2.24) is 9.55 Å². The van der Waals surface area contributed by atoms with E-state index in [0.29, 0.717) is 10.9 Å². The SMILES string of the molecule is Cn1cnc2cc([N+](=O)[O-])ccc2c1=O. The van der Waals surface area contributed by atoms with Crippen LogP contribution in [0.25, 0.3) is 10.9 Å². The van der Waals surface area contributed by atoms with E-state index < -0.39 is 4.92 Å². The number of fused-ring (bicyclic) bond motifs is 1. The summed E-state index contributed by atoms with van der Waals surface area (Å²) in [6.45, 7) is 0. The summed E-state index contributed by atoms with van der Waals surface area (Å²) in [5, 5.41) is 10.9. The van der Waals surface area contributed by atoms with Crippen molar-refractivity contribution in [2.45, 2.75) is 0 Å². The molecule has 76 valence electrons. The minimum atomic E-state index is -0.515. The second-order valence-corrected chi connectivity index (χ2v) is 3.12. The van der Waals surface area contributed by atoms with Crippen molar-refractivity contribution in [3.8, 4) is 0 Å². The Labute approximate surface area is 83.9 Å². The molecule has 1 aromatic carbocycles. The fourth-order valence-corrected chi connectivity index (χ4v) is 1.31. The van der Waals surface area contributed by atoms with Gasteiger partial charge in [0.25, 0.3) is 11.2 Å². The number of nitro benzene ring substituents is 1. The number of aromatic nitrogens is 2. The van der Waals surface area contributed by atoms with E-state index in [0.717, 1.165) is 0 Å². The molecule has 0 fully saturated rings. The van der Waals surface area contributed by atoms with Crippen LogP contribution in [0.5, 0.6) is 0 Å². The number of hydrogen-bond acceptors (Lipinski definition) is 4. The van der Waals surface area contributed by atoms with Crippen LogP contribution in [-0.2, 0) is 7.05 Å². The molecule has 0 aliphatic carbocycles. The van der Waals surface area contributed by atoms with Crippen LogP contribution in [0.15, 0.2) is 29.3 Å². The molecule has 6 nitrogen and oxygen atoms in total. The average Bonchev–Trinajstić information content (AvgIpc) is 2.23. The lowest BCUT2D eigenvalue weighted by atomic mass is 10.2. The first-order chi connectivity index (χ1) is 7.09. The van der Waals surface area contributed by atoms with Gasteiger partial charge >= 0.3 is 0 Å². The lowest BCUT2D eigenvalue weighted by Gasteiger charge is -1.99. The fraction of sp³-hybridized carbons (Fsp3) is 0.111. The molecule has 0 saturated heterocycles. The zero-order chi connectivity index (χ0) is 11.0. The van der Waals surface area contributed by atoms with Crippen molar-refractivity contribution < 1.29 is 4.92 Å². The Kier molecular flexibility index (Phi) is 1.96. The molecule has 1 aromatic heterocycles. The lowest BCUT2D eigenvalue weighted by molar-refractivity contribution is -0.384. The molecule has 0 bridgehead atoms. The normalized spacial score (nSPS) is 10.5. The van der Waals surface area contributed by atoms with E-state index in [9.17, 15) is 14.9 Å². The van der Waals surface area contributed by atoms with Crippen molar-refractivity contribution in [3.05, 3.63) is 45.0 Å². The summed E-state index contributed by atoms with van der Waals surface area (Å²) < 4.78 is 1.33. The third-order valence-corrected chi connectivity index (χ3v) is 2.11. The van der Waals surface area contributed by atoms with Crippen molar-refractivity contribution >= 4 is 16.6 Å². The van der Waals surface area contributed by atoms with Crippen LogP contribution in [-0.4, -0.2) is 14.5 Å². The molecule has 0 amide bonds. The topological polar surface area (TPSA) is 78.0 Å². The van der Waals surface area contributed by atoms with Gasteiger partial charge in [-0.3, -0.25) is 14.9 Å². The molecule has 0 radical (unpaired) electrons. The van der Waals surface area contributed by atoms with Crippen molar-refractivity contribution in [2.75, 3.05) is 0 Å². The Morgan fingerprint density at radius 1 is 1.47 bits per heavy atom. The largest absolute Gasteiger partial charge is 0.302 e. The first-order valence-electron chi connectivity index (χ1n) is 4.19. The Morgan fingerprint density at radius 2 is 2.20 bits per heavy atom. The van der Waals surface area contributed by atoms with E-state index in [-0.39, 0.29) is 11.2 Å². The maximum Gasteiger partial charge on any atom is 0.271 e. The highest BCUT2D eigenvalue weighted by atomic mass is 16.6. The Hall–Kier alpha value is -2.24. The highest BCUT2D eigenvalue weighted by Crippen LogP contribution is 2.15. The smallest absolute Gasteiger partial charge is 0.271 e. The van der Waals surface area contributed by atoms with E-state index in [4.69, 9.17) is 0 Å². The fourth-order valence-electron chi connectivity index (χ4n) is 1.31.